The van der Waals surface area contributed by atoms with Crippen LogP contribution in [0.25, 0.3) is 0 Å². The second-order valence-corrected chi connectivity index (χ2v) is 5.97. The fourth-order valence-corrected chi connectivity index (χ4v) is 3.45. The highest BCUT2D eigenvalue weighted by molar-refractivity contribution is 7.99. The van der Waals surface area contributed by atoms with E-state index in [1.807, 2.05) is 11.8 Å². The van der Waals surface area contributed by atoms with E-state index in [2.05, 4.69) is 22.7 Å². The van der Waals surface area contributed by atoms with Gasteiger partial charge in [-0.2, -0.15) is 11.8 Å². The fraction of sp³-hybridized carbons (Fsp3) is 0.667. The zero-order chi connectivity index (χ0) is 13.0. The Bertz CT molecular complexity index is 408. The van der Waals surface area contributed by atoms with Crippen molar-refractivity contribution in [2.75, 3.05) is 11.1 Å². The van der Waals surface area contributed by atoms with Gasteiger partial charge in [0, 0.05) is 17.4 Å². The van der Waals surface area contributed by atoms with E-state index in [1.54, 1.807) is 13.0 Å². The number of carbonyl (C=O) groups is 1. The number of carbonyl (C=O) groups excluding carboxylic acids is 1. The molecule has 0 bridgehead atoms. The lowest BCUT2D eigenvalue weighted by molar-refractivity contribution is 0.248. The molecule has 1 aromatic rings. The van der Waals surface area contributed by atoms with Gasteiger partial charge in [-0.15, -0.1) is 0 Å². The lowest BCUT2D eigenvalue weighted by atomic mass is 10.2. The van der Waals surface area contributed by atoms with Crippen LogP contribution in [0.15, 0.2) is 10.6 Å². The van der Waals surface area contributed by atoms with Crippen molar-refractivity contribution in [3.8, 4) is 0 Å². The molecule has 2 N–H and O–H groups in total. The number of hydrogen-bond donors (Lipinski definition) is 2. The summed E-state index contributed by atoms with van der Waals surface area (Å²) in [6.45, 7) is 3.94. The van der Waals surface area contributed by atoms with Gasteiger partial charge in [0.15, 0.2) is 5.82 Å². The quantitative estimate of drug-likeness (QED) is 0.882. The number of hydrogen-bond acceptors (Lipinski definition) is 4. The standard InChI is InChI=1S/C12H19N3O2S/c1-3-18-10-6-4-5-9(10)13-12(16)14-11-7-8(2)17-15-11/h7,9-10H,3-6H2,1-2H3,(H2,13,14,15,16)/t9-,10-/m1/s1. The number of thioether (sulfide) groups is 1. The maximum Gasteiger partial charge on any atom is 0.320 e. The van der Waals surface area contributed by atoms with E-state index in [4.69, 9.17) is 4.52 Å². The normalized spacial score (nSPS) is 23.0. The molecular formula is C12H19N3O2S. The first-order chi connectivity index (χ1) is 8.69. The van der Waals surface area contributed by atoms with Gasteiger partial charge in [0.2, 0.25) is 0 Å². The number of anilines is 1. The molecule has 5 nitrogen and oxygen atoms in total. The van der Waals surface area contributed by atoms with E-state index in [1.165, 1.54) is 12.8 Å². The number of rotatable bonds is 4. The van der Waals surface area contributed by atoms with E-state index in [-0.39, 0.29) is 12.1 Å². The van der Waals surface area contributed by atoms with Crippen LogP contribution in [0.1, 0.15) is 31.9 Å². The highest BCUT2D eigenvalue weighted by Gasteiger charge is 2.28. The van der Waals surface area contributed by atoms with Crippen LogP contribution in [0.4, 0.5) is 10.6 Å². The molecule has 0 unspecified atom stereocenters. The Hall–Kier alpha value is -1.17. The molecule has 1 aliphatic rings. The Morgan fingerprint density at radius 3 is 3.11 bits per heavy atom. The molecule has 0 saturated heterocycles. The van der Waals surface area contributed by atoms with Crippen molar-refractivity contribution < 1.29 is 9.32 Å². The second kappa shape index (κ2) is 6.13. The topological polar surface area (TPSA) is 67.2 Å². The molecule has 0 aliphatic heterocycles. The maximum absolute atomic E-state index is 11.8. The molecule has 0 aromatic carbocycles. The Labute approximate surface area is 111 Å². The zero-order valence-electron chi connectivity index (χ0n) is 10.7. The minimum atomic E-state index is -0.197. The van der Waals surface area contributed by atoms with Crippen LogP contribution in [-0.2, 0) is 0 Å². The van der Waals surface area contributed by atoms with Gasteiger partial charge < -0.3 is 9.84 Å². The average Bonchev–Trinajstić information content (AvgIpc) is 2.90. The van der Waals surface area contributed by atoms with Gasteiger partial charge in [-0.05, 0) is 25.5 Å². The summed E-state index contributed by atoms with van der Waals surface area (Å²) in [5.41, 5.74) is 0. The SMILES string of the molecule is CCS[C@@H]1CCC[C@H]1NC(=O)Nc1cc(C)on1. The molecule has 2 rings (SSSR count). The van der Waals surface area contributed by atoms with Gasteiger partial charge >= 0.3 is 6.03 Å². The first-order valence-corrected chi connectivity index (χ1v) is 7.36. The summed E-state index contributed by atoms with van der Waals surface area (Å²) in [5, 5.41) is 9.98. The zero-order valence-corrected chi connectivity index (χ0v) is 11.5. The Morgan fingerprint density at radius 1 is 1.61 bits per heavy atom. The predicted molar refractivity (Wildman–Crippen MR) is 73.0 cm³/mol. The van der Waals surface area contributed by atoms with Crippen LogP contribution in [0.2, 0.25) is 0 Å². The molecule has 100 valence electrons. The van der Waals surface area contributed by atoms with Crippen molar-refractivity contribution in [3.05, 3.63) is 11.8 Å². The van der Waals surface area contributed by atoms with Crippen molar-refractivity contribution in [1.82, 2.24) is 10.5 Å². The van der Waals surface area contributed by atoms with E-state index < -0.39 is 0 Å². The molecule has 0 spiro atoms. The number of nitrogens with zero attached hydrogens (tertiary/aromatic N) is 1. The van der Waals surface area contributed by atoms with E-state index in [0.717, 1.165) is 12.2 Å². The Balaban J connectivity index is 1.83. The van der Waals surface area contributed by atoms with Crippen LogP contribution in [-0.4, -0.2) is 28.2 Å². The largest absolute Gasteiger partial charge is 0.360 e. The van der Waals surface area contributed by atoms with E-state index in [9.17, 15) is 4.79 Å². The third-order valence-electron chi connectivity index (χ3n) is 3.02. The van der Waals surface area contributed by atoms with Gasteiger partial charge in [0.1, 0.15) is 5.76 Å². The third-order valence-corrected chi connectivity index (χ3v) is 4.35. The summed E-state index contributed by atoms with van der Waals surface area (Å²) in [7, 11) is 0. The number of aromatic nitrogens is 1. The third kappa shape index (κ3) is 3.41. The summed E-state index contributed by atoms with van der Waals surface area (Å²) >= 11 is 1.92. The fourth-order valence-electron chi connectivity index (χ4n) is 2.25. The van der Waals surface area contributed by atoms with Gasteiger partial charge in [0.25, 0.3) is 0 Å². The van der Waals surface area contributed by atoms with E-state index in [0.29, 0.717) is 16.8 Å². The predicted octanol–water partition coefficient (Wildman–Crippen LogP) is 2.78. The maximum atomic E-state index is 11.8. The number of aryl methyl sites for hydroxylation is 1. The molecule has 6 heteroatoms. The van der Waals surface area contributed by atoms with Crippen molar-refractivity contribution in [3.63, 3.8) is 0 Å². The molecule has 1 aliphatic carbocycles. The molecule has 0 radical (unpaired) electrons. The Morgan fingerprint density at radius 2 is 2.44 bits per heavy atom. The van der Waals surface area contributed by atoms with Crippen LogP contribution in [0, 0.1) is 6.92 Å². The lowest BCUT2D eigenvalue weighted by Gasteiger charge is -2.19. The monoisotopic (exact) mass is 269 g/mol. The van der Waals surface area contributed by atoms with Gasteiger partial charge in [0.05, 0.1) is 0 Å². The summed E-state index contributed by atoms with van der Waals surface area (Å²) in [4.78, 5) is 11.8. The first kappa shape index (κ1) is 13.3. The van der Waals surface area contributed by atoms with Crippen molar-refractivity contribution in [2.24, 2.45) is 0 Å². The number of urea groups is 1. The summed E-state index contributed by atoms with van der Waals surface area (Å²) in [6.07, 6.45) is 3.43. The summed E-state index contributed by atoms with van der Waals surface area (Å²) in [5.74, 6) is 2.24. The van der Waals surface area contributed by atoms with Gasteiger partial charge in [-0.1, -0.05) is 18.5 Å². The lowest BCUT2D eigenvalue weighted by Crippen LogP contribution is -2.41. The van der Waals surface area contributed by atoms with Crippen molar-refractivity contribution in [1.29, 1.82) is 0 Å². The van der Waals surface area contributed by atoms with Gasteiger partial charge in [-0.3, -0.25) is 5.32 Å². The van der Waals surface area contributed by atoms with Crippen LogP contribution < -0.4 is 10.6 Å². The number of nitrogens with one attached hydrogen (secondary N) is 2. The summed E-state index contributed by atoms with van der Waals surface area (Å²) < 4.78 is 4.90. The Kier molecular flexibility index (Phi) is 4.52. The van der Waals surface area contributed by atoms with Crippen LogP contribution >= 0.6 is 11.8 Å². The van der Waals surface area contributed by atoms with Crippen LogP contribution in [0.5, 0.6) is 0 Å². The minimum absolute atomic E-state index is 0.197. The summed E-state index contributed by atoms with van der Waals surface area (Å²) in [6, 6.07) is 1.77. The smallest absolute Gasteiger partial charge is 0.320 e. The molecule has 18 heavy (non-hydrogen) atoms. The molecule has 1 aromatic heterocycles. The molecule has 1 heterocycles. The van der Waals surface area contributed by atoms with Crippen LogP contribution in [0.3, 0.4) is 0 Å². The van der Waals surface area contributed by atoms with E-state index >= 15 is 0 Å². The second-order valence-electron chi connectivity index (χ2n) is 4.45. The molecule has 2 amide bonds. The highest BCUT2D eigenvalue weighted by atomic mass is 32.2. The molecule has 1 fully saturated rings. The first-order valence-electron chi connectivity index (χ1n) is 6.31. The average molecular weight is 269 g/mol. The molecular weight excluding hydrogens is 250 g/mol. The highest BCUT2D eigenvalue weighted by Crippen LogP contribution is 2.29. The van der Waals surface area contributed by atoms with Crippen molar-refractivity contribution in [2.45, 2.75) is 44.4 Å². The molecule has 2 atom stereocenters. The molecule has 1 saturated carbocycles. The van der Waals surface area contributed by atoms with Gasteiger partial charge in [-0.25, -0.2) is 4.79 Å². The number of amides is 2. The minimum Gasteiger partial charge on any atom is -0.360 e. The van der Waals surface area contributed by atoms with Crippen molar-refractivity contribution >= 4 is 23.6 Å².